The molecule has 0 aliphatic heterocycles. The van der Waals surface area contributed by atoms with E-state index in [9.17, 15) is 13.2 Å². The number of allylic oxidation sites excluding steroid dienone is 4. The van der Waals surface area contributed by atoms with Crippen LogP contribution < -0.4 is 0 Å². The monoisotopic (exact) mass is 268 g/mol. The van der Waals surface area contributed by atoms with E-state index in [4.69, 9.17) is 4.74 Å². The lowest BCUT2D eigenvalue weighted by atomic mass is 10.1. The smallest absolute Gasteiger partial charge is 0.416 e. The maximum atomic E-state index is 12.4. The summed E-state index contributed by atoms with van der Waals surface area (Å²) < 4.78 is 42.6. The molecule has 0 amide bonds. The van der Waals surface area contributed by atoms with Crippen LogP contribution in [0.4, 0.5) is 13.2 Å². The lowest BCUT2D eigenvalue weighted by molar-refractivity contribution is -0.137. The summed E-state index contributed by atoms with van der Waals surface area (Å²) in [5, 5.41) is 0. The van der Waals surface area contributed by atoms with Crippen LogP contribution in [-0.4, -0.2) is 0 Å². The van der Waals surface area contributed by atoms with Gasteiger partial charge in [0.2, 0.25) is 0 Å². The number of hydrogen-bond acceptors (Lipinski definition) is 1. The van der Waals surface area contributed by atoms with Crippen LogP contribution >= 0.6 is 0 Å². The van der Waals surface area contributed by atoms with Gasteiger partial charge in [-0.2, -0.15) is 13.2 Å². The quantitative estimate of drug-likeness (QED) is 0.547. The third-order valence-electron chi connectivity index (χ3n) is 2.30. The van der Waals surface area contributed by atoms with Crippen molar-refractivity contribution in [3.63, 3.8) is 0 Å². The predicted molar refractivity (Wildman–Crippen MR) is 69.3 cm³/mol. The number of ether oxygens (including phenoxy) is 1. The van der Waals surface area contributed by atoms with E-state index in [1.165, 1.54) is 12.1 Å². The second-order valence-corrected chi connectivity index (χ2v) is 3.79. The van der Waals surface area contributed by atoms with Crippen molar-refractivity contribution >= 4 is 0 Å². The zero-order chi connectivity index (χ0) is 14.3. The van der Waals surface area contributed by atoms with Crippen molar-refractivity contribution in [3.05, 3.63) is 72.0 Å². The van der Waals surface area contributed by atoms with E-state index in [1.807, 2.05) is 13.0 Å². The summed E-state index contributed by atoms with van der Waals surface area (Å²) in [4.78, 5) is 0. The van der Waals surface area contributed by atoms with Crippen molar-refractivity contribution in [1.82, 2.24) is 0 Å². The summed E-state index contributed by atoms with van der Waals surface area (Å²) in [6, 6.07) is 4.91. The summed E-state index contributed by atoms with van der Waals surface area (Å²) in [5.41, 5.74) is 0.0130. The minimum absolute atomic E-state index is 0.210. The molecule has 0 spiro atoms. The fourth-order valence-electron chi connectivity index (χ4n) is 1.39. The van der Waals surface area contributed by atoms with Gasteiger partial charge in [0.15, 0.2) is 0 Å². The topological polar surface area (TPSA) is 9.23 Å². The molecule has 0 aliphatic rings. The van der Waals surface area contributed by atoms with Crippen LogP contribution in [0.25, 0.3) is 0 Å². The predicted octanol–water partition coefficient (Wildman–Crippen LogP) is 4.87. The molecule has 0 N–H and O–H groups in total. The third kappa shape index (κ3) is 5.04. The highest BCUT2D eigenvalue weighted by molar-refractivity contribution is 5.25. The van der Waals surface area contributed by atoms with Crippen LogP contribution in [0.15, 0.2) is 60.9 Å². The molecule has 102 valence electrons. The molecule has 1 aromatic carbocycles. The summed E-state index contributed by atoms with van der Waals surface area (Å²) in [6.07, 6.45) is 2.53. The van der Waals surface area contributed by atoms with Crippen LogP contribution in [-0.2, 0) is 17.5 Å². The SMILES string of the molecule is C=C/C=C(\C=C/C)OCc1ccc(C(F)(F)F)cc1. The first kappa shape index (κ1) is 15.1. The molecule has 19 heavy (non-hydrogen) atoms. The highest BCUT2D eigenvalue weighted by Gasteiger charge is 2.29. The lowest BCUT2D eigenvalue weighted by Gasteiger charge is -2.09. The second kappa shape index (κ2) is 6.83. The maximum absolute atomic E-state index is 12.4. The molecular weight excluding hydrogens is 253 g/mol. The zero-order valence-corrected chi connectivity index (χ0v) is 10.6. The average molecular weight is 268 g/mol. The van der Waals surface area contributed by atoms with Gasteiger partial charge in [0.25, 0.3) is 0 Å². The largest absolute Gasteiger partial charge is 0.489 e. The zero-order valence-electron chi connectivity index (χ0n) is 10.6. The first-order chi connectivity index (χ1) is 8.97. The number of rotatable bonds is 5. The molecular formula is C15H15F3O. The van der Waals surface area contributed by atoms with Crippen LogP contribution in [0.3, 0.4) is 0 Å². The van der Waals surface area contributed by atoms with E-state index in [-0.39, 0.29) is 6.61 Å². The molecule has 1 aromatic rings. The Kier molecular flexibility index (Phi) is 5.42. The summed E-state index contributed by atoms with van der Waals surface area (Å²) in [5.74, 6) is 0.609. The Morgan fingerprint density at radius 1 is 1.26 bits per heavy atom. The van der Waals surface area contributed by atoms with Gasteiger partial charge < -0.3 is 4.74 Å². The highest BCUT2D eigenvalue weighted by atomic mass is 19.4. The van der Waals surface area contributed by atoms with Gasteiger partial charge >= 0.3 is 6.18 Å². The van der Waals surface area contributed by atoms with Crippen LogP contribution in [0.1, 0.15) is 18.1 Å². The molecule has 0 aliphatic carbocycles. The minimum Gasteiger partial charge on any atom is -0.489 e. The normalized spacial score (nSPS) is 12.7. The van der Waals surface area contributed by atoms with E-state index in [1.54, 1.807) is 18.2 Å². The van der Waals surface area contributed by atoms with E-state index in [0.717, 1.165) is 12.1 Å². The molecule has 0 bridgehead atoms. The molecule has 1 nitrogen and oxygen atoms in total. The Balaban J connectivity index is 2.68. The van der Waals surface area contributed by atoms with Crippen LogP contribution in [0, 0.1) is 0 Å². The second-order valence-electron chi connectivity index (χ2n) is 3.79. The average Bonchev–Trinajstić information content (AvgIpc) is 2.36. The summed E-state index contributed by atoms with van der Waals surface area (Å²) >= 11 is 0. The van der Waals surface area contributed by atoms with E-state index >= 15 is 0 Å². The van der Waals surface area contributed by atoms with Crippen molar-refractivity contribution in [2.24, 2.45) is 0 Å². The molecule has 0 fully saturated rings. The summed E-state index contributed by atoms with van der Waals surface area (Å²) in [7, 11) is 0. The Bertz CT molecular complexity index is 467. The van der Waals surface area contributed by atoms with Crippen LogP contribution in [0.2, 0.25) is 0 Å². The van der Waals surface area contributed by atoms with Gasteiger partial charge in [0.1, 0.15) is 12.4 Å². The third-order valence-corrected chi connectivity index (χ3v) is 2.30. The van der Waals surface area contributed by atoms with Crippen molar-refractivity contribution < 1.29 is 17.9 Å². The number of benzene rings is 1. The molecule has 0 aromatic heterocycles. The van der Waals surface area contributed by atoms with Gasteiger partial charge in [-0.05, 0) is 36.8 Å². The van der Waals surface area contributed by atoms with E-state index < -0.39 is 11.7 Å². The fourth-order valence-corrected chi connectivity index (χ4v) is 1.39. The Labute approximate surface area is 110 Å². The Morgan fingerprint density at radius 2 is 1.89 bits per heavy atom. The molecule has 0 saturated carbocycles. The minimum atomic E-state index is -4.31. The first-order valence-corrected chi connectivity index (χ1v) is 5.71. The first-order valence-electron chi connectivity index (χ1n) is 5.71. The van der Waals surface area contributed by atoms with Gasteiger partial charge in [0.05, 0.1) is 5.56 Å². The number of hydrogen-bond donors (Lipinski definition) is 0. The lowest BCUT2D eigenvalue weighted by Crippen LogP contribution is -2.04. The molecule has 0 atom stereocenters. The van der Waals surface area contributed by atoms with Gasteiger partial charge in [-0.1, -0.05) is 30.9 Å². The molecule has 1 rings (SSSR count). The fraction of sp³-hybridized carbons (Fsp3) is 0.200. The standard InChI is InChI=1S/C15H15F3O/c1-3-5-14(6-4-2)19-11-12-7-9-13(10-8-12)15(16,17)18/h3-10H,1,11H2,2H3/b6-4-,14-5+. The van der Waals surface area contributed by atoms with E-state index in [2.05, 4.69) is 6.58 Å². The molecule has 0 radical (unpaired) electrons. The van der Waals surface area contributed by atoms with Gasteiger partial charge in [-0.3, -0.25) is 0 Å². The molecule has 4 heteroatoms. The van der Waals surface area contributed by atoms with E-state index in [0.29, 0.717) is 11.3 Å². The van der Waals surface area contributed by atoms with Crippen molar-refractivity contribution in [1.29, 1.82) is 0 Å². The molecule has 0 unspecified atom stereocenters. The Hall–Kier alpha value is -1.97. The maximum Gasteiger partial charge on any atom is 0.416 e. The van der Waals surface area contributed by atoms with Gasteiger partial charge in [-0.25, -0.2) is 0 Å². The van der Waals surface area contributed by atoms with Gasteiger partial charge in [0, 0.05) is 0 Å². The van der Waals surface area contributed by atoms with Gasteiger partial charge in [-0.15, -0.1) is 0 Å². The van der Waals surface area contributed by atoms with Crippen LogP contribution in [0.5, 0.6) is 0 Å². The number of halogens is 3. The van der Waals surface area contributed by atoms with Crippen molar-refractivity contribution in [2.75, 3.05) is 0 Å². The molecule has 0 saturated heterocycles. The molecule has 0 heterocycles. The number of alkyl halides is 3. The Morgan fingerprint density at radius 3 is 2.37 bits per heavy atom. The van der Waals surface area contributed by atoms with Crippen molar-refractivity contribution in [2.45, 2.75) is 19.7 Å². The highest BCUT2D eigenvalue weighted by Crippen LogP contribution is 2.29. The van der Waals surface area contributed by atoms with Crippen molar-refractivity contribution in [3.8, 4) is 0 Å². The summed E-state index contributed by atoms with van der Waals surface area (Å²) in [6.45, 7) is 5.62.